The first kappa shape index (κ1) is 32.4. The fraction of sp³-hybridized carbons (Fsp3) is 0.409. The number of nitrogens with two attached hydrogens (primary N) is 2. The molecule has 0 aromatic heterocycles. The molecule has 2 aromatic rings. The van der Waals surface area contributed by atoms with E-state index in [0.717, 1.165) is 24.3 Å². The highest BCUT2D eigenvalue weighted by Crippen LogP contribution is 2.53. The van der Waals surface area contributed by atoms with Crippen molar-refractivity contribution in [1.82, 2.24) is 16.2 Å². The molecule has 0 radical (unpaired) electrons. The van der Waals surface area contributed by atoms with Crippen LogP contribution >= 0.6 is 0 Å². The fourth-order valence-electron chi connectivity index (χ4n) is 3.55. The summed E-state index contributed by atoms with van der Waals surface area (Å²) >= 11 is 0. The second kappa shape index (κ2) is 12.5. The first-order valence-electron chi connectivity index (χ1n) is 11.1. The van der Waals surface area contributed by atoms with Crippen LogP contribution in [0.15, 0.2) is 59.5 Å². The number of hydrogen-bond acceptors (Lipinski definition) is 7. The number of carbonyl (C=O) groups excluding carboxylic acids is 1. The van der Waals surface area contributed by atoms with Crippen LogP contribution in [-0.4, -0.2) is 44.1 Å². The standard InChI is InChI=1S/C13H20FN5O3S.C9H5F7/c14-8-1-3-10(4-2-8)23(21,22)11-5-9(6-11)17-13(20)7-12(18-15)19-16;10-7(8(11,12)13,9(14,15)16)6-4-2-1-3-5-6/h1-4,9,11-12,18-19H,5-7,15-16H2,(H,17,20);1-5H. The number of hydrogen-bond donors (Lipinski definition) is 5. The Morgan fingerprint density at radius 2 is 1.36 bits per heavy atom. The van der Waals surface area contributed by atoms with Crippen molar-refractivity contribution in [2.24, 2.45) is 11.7 Å². The molecule has 8 nitrogen and oxygen atoms in total. The number of sulfone groups is 1. The molecule has 1 saturated carbocycles. The van der Waals surface area contributed by atoms with Crippen LogP contribution in [-0.2, 0) is 20.3 Å². The summed E-state index contributed by atoms with van der Waals surface area (Å²) in [6.07, 6.45) is -12.0. The topological polar surface area (TPSA) is 139 Å². The maximum absolute atomic E-state index is 13.3. The molecule has 0 bridgehead atoms. The monoisotopic (exact) mass is 591 g/mol. The highest BCUT2D eigenvalue weighted by Gasteiger charge is 2.73. The number of amides is 1. The number of alkyl halides is 7. The number of carbonyl (C=O) groups is 1. The summed E-state index contributed by atoms with van der Waals surface area (Å²) in [5, 5.41) is 2.15. The van der Waals surface area contributed by atoms with Crippen LogP contribution in [0.3, 0.4) is 0 Å². The van der Waals surface area contributed by atoms with E-state index >= 15 is 0 Å². The van der Waals surface area contributed by atoms with Crippen LogP contribution < -0.4 is 27.9 Å². The van der Waals surface area contributed by atoms with Gasteiger partial charge in [-0.15, -0.1) is 0 Å². The van der Waals surface area contributed by atoms with Gasteiger partial charge in [0.05, 0.1) is 22.7 Å². The van der Waals surface area contributed by atoms with Gasteiger partial charge in [0.2, 0.25) is 5.91 Å². The van der Waals surface area contributed by atoms with Crippen molar-refractivity contribution in [1.29, 1.82) is 0 Å². The minimum absolute atomic E-state index is 0.0267. The van der Waals surface area contributed by atoms with E-state index in [0.29, 0.717) is 25.0 Å². The van der Waals surface area contributed by atoms with Crippen molar-refractivity contribution in [3.63, 3.8) is 0 Å². The van der Waals surface area contributed by atoms with Gasteiger partial charge in [0.25, 0.3) is 0 Å². The molecular weight excluding hydrogens is 566 g/mol. The van der Waals surface area contributed by atoms with Crippen LogP contribution in [0.2, 0.25) is 0 Å². The Labute approximate surface area is 218 Å². The van der Waals surface area contributed by atoms with Gasteiger partial charge in [-0.2, -0.15) is 26.3 Å². The molecule has 1 amide bonds. The predicted octanol–water partition coefficient (Wildman–Crippen LogP) is 2.87. The first-order chi connectivity index (χ1) is 18.0. The van der Waals surface area contributed by atoms with Crippen molar-refractivity contribution in [3.05, 3.63) is 66.0 Å². The molecule has 0 atom stereocenters. The molecule has 0 saturated heterocycles. The van der Waals surface area contributed by atoms with Gasteiger partial charge in [0, 0.05) is 11.6 Å². The van der Waals surface area contributed by atoms with Gasteiger partial charge in [0.1, 0.15) is 5.82 Å². The Morgan fingerprint density at radius 1 is 0.872 bits per heavy atom. The lowest BCUT2D eigenvalue weighted by atomic mass is 9.92. The Kier molecular flexibility index (Phi) is 10.4. The lowest BCUT2D eigenvalue weighted by Gasteiger charge is -2.35. The van der Waals surface area contributed by atoms with Crippen molar-refractivity contribution in [3.8, 4) is 0 Å². The van der Waals surface area contributed by atoms with Crippen LogP contribution in [0, 0.1) is 5.82 Å². The second-order valence-electron chi connectivity index (χ2n) is 8.47. The summed E-state index contributed by atoms with van der Waals surface area (Å²) in [6, 6.07) is 8.41. The maximum atomic E-state index is 13.3. The van der Waals surface area contributed by atoms with E-state index in [4.69, 9.17) is 11.7 Å². The molecule has 0 aliphatic heterocycles. The van der Waals surface area contributed by atoms with Crippen molar-refractivity contribution >= 4 is 15.7 Å². The predicted molar refractivity (Wildman–Crippen MR) is 123 cm³/mol. The summed E-state index contributed by atoms with van der Waals surface area (Å²) in [4.78, 5) is 11.8. The van der Waals surface area contributed by atoms with Crippen molar-refractivity contribution in [2.75, 3.05) is 0 Å². The second-order valence-corrected chi connectivity index (χ2v) is 10.7. The minimum atomic E-state index is -6.05. The number of halogens is 8. The van der Waals surface area contributed by atoms with E-state index in [2.05, 4.69) is 16.2 Å². The van der Waals surface area contributed by atoms with E-state index in [1.54, 1.807) is 0 Å². The van der Waals surface area contributed by atoms with Gasteiger partial charge < -0.3 is 5.32 Å². The number of hydrazine groups is 2. The van der Waals surface area contributed by atoms with Crippen LogP contribution in [0.25, 0.3) is 0 Å². The molecular formula is C22H25F8N5O3S. The van der Waals surface area contributed by atoms with Gasteiger partial charge >= 0.3 is 18.0 Å². The fourth-order valence-corrected chi connectivity index (χ4v) is 5.42. The zero-order valence-electron chi connectivity index (χ0n) is 19.9. The van der Waals surface area contributed by atoms with Gasteiger partial charge in [-0.05, 0) is 37.1 Å². The average Bonchev–Trinajstić information content (AvgIpc) is 2.83. The smallest absolute Gasteiger partial charge is 0.353 e. The van der Waals surface area contributed by atoms with Crippen molar-refractivity contribution in [2.45, 2.75) is 59.6 Å². The summed E-state index contributed by atoms with van der Waals surface area (Å²) in [5.74, 6) is 9.60. The average molecular weight is 592 g/mol. The molecule has 0 unspecified atom stereocenters. The normalized spacial score (nSPS) is 18.1. The lowest BCUT2D eigenvalue weighted by Crippen LogP contribution is -2.54. The Morgan fingerprint density at radius 3 is 1.79 bits per heavy atom. The minimum Gasteiger partial charge on any atom is -0.353 e. The van der Waals surface area contributed by atoms with Gasteiger partial charge in [-0.3, -0.25) is 16.5 Å². The van der Waals surface area contributed by atoms with E-state index in [1.807, 2.05) is 0 Å². The summed E-state index contributed by atoms with van der Waals surface area (Å²) in [6.45, 7) is 0. The zero-order valence-corrected chi connectivity index (χ0v) is 20.7. The van der Waals surface area contributed by atoms with Gasteiger partial charge in [-0.25, -0.2) is 28.1 Å². The molecule has 218 valence electrons. The highest BCUT2D eigenvalue weighted by atomic mass is 32.2. The molecule has 7 N–H and O–H groups in total. The third kappa shape index (κ3) is 7.63. The van der Waals surface area contributed by atoms with E-state index in [9.17, 15) is 48.3 Å². The molecule has 1 aliphatic carbocycles. The molecule has 0 spiro atoms. The quantitative estimate of drug-likeness (QED) is 0.105. The van der Waals surface area contributed by atoms with Crippen LogP contribution in [0.5, 0.6) is 0 Å². The SMILES string of the molecule is FC(F)(F)C(F)(c1ccccc1)C(F)(F)F.NNC(CC(=O)NC1CC(S(=O)(=O)c2ccc(F)cc2)C1)NN. The van der Waals surface area contributed by atoms with Crippen LogP contribution in [0.4, 0.5) is 35.1 Å². The number of rotatable bonds is 8. The van der Waals surface area contributed by atoms with Gasteiger partial charge in [-0.1, -0.05) is 30.3 Å². The first-order valence-corrected chi connectivity index (χ1v) is 12.6. The highest BCUT2D eigenvalue weighted by molar-refractivity contribution is 7.92. The third-order valence-electron chi connectivity index (χ3n) is 5.79. The Bertz CT molecular complexity index is 1170. The lowest BCUT2D eigenvalue weighted by molar-refractivity contribution is -0.348. The molecule has 3 rings (SSSR count). The number of benzene rings is 2. The van der Waals surface area contributed by atoms with E-state index in [1.165, 1.54) is 18.2 Å². The number of nitrogens with one attached hydrogen (secondary N) is 3. The molecule has 17 heteroatoms. The summed E-state index contributed by atoms with van der Waals surface area (Å²) in [5.41, 5.74) is -2.15. The largest absolute Gasteiger partial charge is 0.435 e. The van der Waals surface area contributed by atoms with Crippen LogP contribution in [0.1, 0.15) is 24.8 Å². The Hall–Kier alpha value is -2.86. The Balaban J connectivity index is 0.000000293. The molecule has 2 aromatic carbocycles. The third-order valence-corrected chi connectivity index (χ3v) is 7.98. The summed E-state index contributed by atoms with van der Waals surface area (Å²) in [7, 11) is -3.50. The molecule has 1 fully saturated rings. The summed E-state index contributed by atoms with van der Waals surface area (Å²) < 4.78 is 124. The van der Waals surface area contributed by atoms with Gasteiger partial charge in [0.15, 0.2) is 9.84 Å². The van der Waals surface area contributed by atoms with E-state index < -0.39 is 50.7 Å². The van der Waals surface area contributed by atoms with Crippen molar-refractivity contribution < 1.29 is 48.3 Å². The maximum Gasteiger partial charge on any atom is 0.435 e. The molecule has 39 heavy (non-hydrogen) atoms. The zero-order chi connectivity index (χ0) is 29.6. The molecule has 1 aliphatic rings. The molecule has 0 heterocycles. The van der Waals surface area contributed by atoms with E-state index in [-0.39, 0.29) is 23.3 Å².